The first kappa shape index (κ1) is 28.2. The van der Waals surface area contributed by atoms with E-state index in [4.69, 9.17) is 22.4 Å². The Balaban J connectivity index is 1.55. The van der Waals surface area contributed by atoms with Gasteiger partial charge in [0.2, 0.25) is 10.0 Å². The van der Waals surface area contributed by atoms with Crippen molar-refractivity contribution in [3.8, 4) is 16.9 Å². The number of nitrogens with zero attached hydrogens (tertiary/aromatic N) is 4. The highest BCUT2D eigenvalue weighted by Crippen LogP contribution is 2.35. The Hall–Kier alpha value is -3.32. The van der Waals surface area contributed by atoms with Gasteiger partial charge in [0.15, 0.2) is 0 Å². The summed E-state index contributed by atoms with van der Waals surface area (Å²) >= 11 is 6.44. The summed E-state index contributed by atoms with van der Waals surface area (Å²) in [6, 6.07) is 16.2. The summed E-state index contributed by atoms with van der Waals surface area (Å²) in [6.45, 7) is 3.03. The van der Waals surface area contributed by atoms with E-state index in [0.717, 1.165) is 30.3 Å². The molecule has 2 saturated heterocycles. The zero-order valence-corrected chi connectivity index (χ0v) is 24.2. The first-order chi connectivity index (χ1) is 19.1. The van der Waals surface area contributed by atoms with Crippen molar-refractivity contribution in [3.05, 3.63) is 71.3 Å². The number of carbonyl (C=O) groups excluding carboxylic acids is 1. The Morgan fingerprint density at radius 1 is 1.20 bits per heavy atom. The average molecular weight is 597 g/mol. The minimum Gasteiger partial charge on any atom is -0.481 e. The van der Waals surface area contributed by atoms with Crippen molar-refractivity contribution < 1.29 is 23.1 Å². The lowest BCUT2D eigenvalue weighted by atomic mass is 10.0. The molecule has 2 aliphatic heterocycles. The molecule has 1 aromatic heterocycles. The number of para-hydroxylation sites is 1. The number of thiocarbonyl (C=S) groups is 1. The fourth-order valence-electron chi connectivity index (χ4n) is 4.79. The Bertz CT molecular complexity index is 1600. The fraction of sp³-hybridized carbons (Fsp3) is 0.286. The van der Waals surface area contributed by atoms with Crippen molar-refractivity contribution in [2.24, 2.45) is 5.92 Å². The lowest BCUT2D eigenvalue weighted by Crippen LogP contribution is -2.39. The van der Waals surface area contributed by atoms with Gasteiger partial charge in [-0.25, -0.2) is 13.1 Å². The number of rotatable bonds is 8. The molecule has 5 rings (SSSR count). The van der Waals surface area contributed by atoms with Gasteiger partial charge in [-0.2, -0.15) is 9.40 Å². The molecule has 0 bridgehead atoms. The lowest BCUT2D eigenvalue weighted by molar-refractivity contribution is -0.137. The number of benzene rings is 2. The van der Waals surface area contributed by atoms with E-state index in [2.05, 4.69) is 6.92 Å². The van der Waals surface area contributed by atoms with Crippen LogP contribution in [0.5, 0.6) is 0 Å². The molecule has 12 heteroatoms. The molecular formula is C28H28N4O5S3. The van der Waals surface area contributed by atoms with E-state index < -0.39 is 16.0 Å². The molecule has 208 valence electrons. The van der Waals surface area contributed by atoms with Crippen LogP contribution in [0.2, 0.25) is 0 Å². The van der Waals surface area contributed by atoms with Gasteiger partial charge in [-0.1, -0.05) is 61.2 Å². The summed E-state index contributed by atoms with van der Waals surface area (Å²) < 4.78 is 30.5. The molecule has 1 atom stereocenters. The van der Waals surface area contributed by atoms with Crippen LogP contribution in [0, 0.1) is 5.92 Å². The first-order valence-electron chi connectivity index (χ1n) is 12.9. The van der Waals surface area contributed by atoms with Gasteiger partial charge in [-0.3, -0.25) is 14.5 Å². The SMILES string of the molecule is CC1CCCN(S(=O)(=O)c2cccc(-c3nn(-c4ccccc4)cc3C=C3SC(=S)N(CCC(=O)O)C3=O)c2)C1. The summed E-state index contributed by atoms with van der Waals surface area (Å²) in [5.41, 5.74) is 2.49. The number of sulfonamides is 1. The van der Waals surface area contributed by atoms with E-state index in [1.807, 2.05) is 30.3 Å². The molecule has 0 aliphatic carbocycles. The normalized spacial score (nSPS) is 19.5. The number of carboxylic acids is 1. The predicted molar refractivity (Wildman–Crippen MR) is 158 cm³/mol. The van der Waals surface area contributed by atoms with Gasteiger partial charge in [0, 0.05) is 37.0 Å². The highest BCUT2D eigenvalue weighted by atomic mass is 32.2. The molecular weight excluding hydrogens is 569 g/mol. The van der Waals surface area contributed by atoms with E-state index in [-0.39, 0.29) is 23.8 Å². The highest BCUT2D eigenvalue weighted by Gasteiger charge is 2.33. The molecule has 9 nitrogen and oxygen atoms in total. The van der Waals surface area contributed by atoms with Crippen LogP contribution in [0.3, 0.4) is 0 Å². The van der Waals surface area contributed by atoms with Gasteiger partial charge in [0.1, 0.15) is 10.0 Å². The van der Waals surface area contributed by atoms with Gasteiger partial charge in [0.05, 0.1) is 21.9 Å². The molecule has 40 heavy (non-hydrogen) atoms. The zero-order valence-electron chi connectivity index (χ0n) is 21.8. The molecule has 0 radical (unpaired) electrons. The fourth-order valence-corrected chi connectivity index (χ4v) is 7.73. The number of amides is 1. The van der Waals surface area contributed by atoms with E-state index in [1.54, 1.807) is 45.5 Å². The topological polar surface area (TPSA) is 113 Å². The van der Waals surface area contributed by atoms with E-state index in [9.17, 15) is 18.0 Å². The van der Waals surface area contributed by atoms with Gasteiger partial charge in [0.25, 0.3) is 5.91 Å². The molecule has 1 unspecified atom stereocenters. The monoisotopic (exact) mass is 596 g/mol. The smallest absolute Gasteiger partial charge is 0.305 e. The minimum absolute atomic E-state index is 0.0114. The molecule has 3 aromatic rings. The Morgan fingerprint density at radius 3 is 2.70 bits per heavy atom. The van der Waals surface area contributed by atoms with Crippen LogP contribution in [0.1, 0.15) is 31.7 Å². The maximum atomic E-state index is 13.5. The van der Waals surface area contributed by atoms with Crippen LogP contribution in [-0.2, 0) is 19.6 Å². The second-order valence-electron chi connectivity index (χ2n) is 9.83. The number of hydrogen-bond acceptors (Lipinski definition) is 7. The summed E-state index contributed by atoms with van der Waals surface area (Å²) in [5, 5.41) is 13.8. The molecule has 3 heterocycles. The molecule has 0 saturated carbocycles. The Morgan fingerprint density at radius 2 is 1.98 bits per heavy atom. The molecule has 2 aromatic carbocycles. The van der Waals surface area contributed by atoms with Crippen LogP contribution in [0.25, 0.3) is 23.0 Å². The van der Waals surface area contributed by atoms with Crippen LogP contribution in [0.15, 0.2) is 70.6 Å². The number of carboxylic acid groups (broad SMARTS) is 1. The third kappa shape index (κ3) is 5.90. The van der Waals surface area contributed by atoms with E-state index in [1.165, 1.54) is 4.90 Å². The van der Waals surface area contributed by atoms with Crippen molar-refractivity contribution in [3.63, 3.8) is 0 Å². The van der Waals surface area contributed by atoms with Crippen molar-refractivity contribution in [1.82, 2.24) is 19.0 Å². The molecule has 2 aliphatic rings. The average Bonchev–Trinajstić information content (AvgIpc) is 3.48. The maximum Gasteiger partial charge on any atom is 0.305 e. The summed E-state index contributed by atoms with van der Waals surface area (Å²) in [7, 11) is -3.69. The molecule has 2 fully saturated rings. The second kappa shape index (κ2) is 11.7. The number of aliphatic carboxylic acids is 1. The summed E-state index contributed by atoms with van der Waals surface area (Å²) in [6.07, 6.45) is 5.08. The van der Waals surface area contributed by atoms with Gasteiger partial charge in [-0.05, 0) is 49.1 Å². The van der Waals surface area contributed by atoms with Crippen molar-refractivity contribution in [2.75, 3.05) is 19.6 Å². The number of hydrogen-bond donors (Lipinski definition) is 1. The van der Waals surface area contributed by atoms with Crippen molar-refractivity contribution in [2.45, 2.75) is 31.1 Å². The van der Waals surface area contributed by atoms with Crippen LogP contribution in [-0.4, -0.2) is 68.3 Å². The number of piperidine rings is 1. The van der Waals surface area contributed by atoms with Crippen LogP contribution < -0.4 is 0 Å². The van der Waals surface area contributed by atoms with E-state index in [0.29, 0.717) is 45.1 Å². The zero-order chi connectivity index (χ0) is 28.4. The third-order valence-corrected chi connectivity index (χ3v) is 10.1. The van der Waals surface area contributed by atoms with Crippen molar-refractivity contribution >= 4 is 56.3 Å². The number of carbonyl (C=O) groups is 2. The first-order valence-corrected chi connectivity index (χ1v) is 15.5. The third-order valence-electron chi connectivity index (χ3n) is 6.84. The highest BCUT2D eigenvalue weighted by molar-refractivity contribution is 8.26. The molecule has 1 amide bonds. The maximum absolute atomic E-state index is 13.5. The Labute approximate surface area is 242 Å². The standard InChI is InChI=1S/C28H28N4O5S3/c1-19-7-6-13-30(17-19)40(36,37)23-11-5-8-20(15-23)26-21(18-32(29-26)22-9-3-2-4-10-22)16-24-27(35)31(28(38)39-24)14-12-25(33)34/h2-5,8-11,15-16,18-19H,6-7,12-14,17H2,1H3,(H,33,34). The summed E-state index contributed by atoms with van der Waals surface area (Å²) in [4.78, 5) is 25.9. The minimum atomic E-state index is -3.69. The van der Waals surface area contributed by atoms with E-state index >= 15 is 0 Å². The summed E-state index contributed by atoms with van der Waals surface area (Å²) in [5.74, 6) is -1.09. The van der Waals surface area contributed by atoms with Crippen LogP contribution in [0.4, 0.5) is 0 Å². The predicted octanol–water partition coefficient (Wildman–Crippen LogP) is 4.64. The lowest BCUT2D eigenvalue weighted by Gasteiger charge is -2.30. The Kier molecular flexibility index (Phi) is 8.22. The number of thioether (sulfide) groups is 1. The van der Waals surface area contributed by atoms with Crippen LogP contribution >= 0.6 is 24.0 Å². The van der Waals surface area contributed by atoms with Gasteiger partial charge < -0.3 is 5.11 Å². The van der Waals surface area contributed by atoms with Gasteiger partial charge >= 0.3 is 5.97 Å². The van der Waals surface area contributed by atoms with Gasteiger partial charge in [-0.15, -0.1) is 0 Å². The van der Waals surface area contributed by atoms with Crippen molar-refractivity contribution in [1.29, 1.82) is 0 Å². The number of aromatic nitrogens is 2. The quantitative estimate of drug-likeness (QED) is 0.296. The largest absolute Gasteiger partial charge is 0.481 e. The second-order valence-corrected chi connectivity index (χ2v) is 13.4. The molecule has 0 spiro atoms. The molecule has 1 N–H and O–H groups in total.